The molecule has 37 heavy (non-hydrogen) atoms. The molecule has 2 aromatic carbocycles. The SMILES string of the molecule is C=CC(=O)Nc1cccc(Oc2nc(Nc3c(OC)cc4c(c3CC)CCN(C)C4)nc3ccnn23)c1. The number of methoxy groups -OCH3 is 1. The average molecular weight is 500 g/mol. The van der Waals surface area contributed by atoms with Crippen LogP contribution >= 0.6 is 0 Å². The monoisotopic (exact) mass is 499 g/mol. The quantitative estimate of drug-likeness (QED) is 0.345. The van der Waals surface area contributed by atoms with E-state index in [4.69, 9.17) is 9.47 Å². The fourth-order valence-corrected chi connectivity index (χ4v) is 4.59. The van der Waals surface area contributed by atoms with Crippen molar-refractivity contribution in [1.82, 2.24) is 24.5 Å². The summed E-state index contributed by atoms with van der Waals surface area (Å²) in [5.41, 5.74) is 5.84. The standard InChI is InChI=1S/C27H29N7O3/c1-5-20-21-11-13-33(3)16-17(21)14-22(36-4)25(20)31-26-30-23-10-12-28-34(23)27(32-26)37-19-9-7-8-18(15-19)29-24(35)6-2/h6-10,12,14-15H,2,5,11,13,16H2,1,3-4H3,(H,29,35)(H,30,31). The van der Waals surface area contributed by atoms with Crippen molar-refractivity contribution in [2.24, 2.45) is 0 Å². The zero-order valence-corrected chi connectivity index (χ0v) is 21.1. The van der Waals surface area contributed by atoms with Crippen molar-refractivity contribution in [2.45, 2.75) is 26.3 Å². The minimum atomic E-state index is -0.308. The van der Waals surface area contributed by atoms with E-state index >= 15 is 0 Å². The van der Waals surface area contributed by atoms with Crippen molar-refractivity contribution >= 4 is 28.9 Å². The first kappa shape index (κ1) is 24.3. The molecule has 2 N–H and O–H groups in total. The second kappa shape index (κ2) is 10.3. The summed E-state index contributed by atoms with van der Waals surface area (Å²) >= 11 is 0. The number of likely N-dealkylation sites (N-methyl/N-ethyl adjacent to an activating group) is 1. The summed E-state index contributed by atoms with van der Waals surface area (Å²) in [4.78, 5) is 23.3. The fourth-order valence-electron chi connectivity index (χ4n) is 4.59. The lowest BCUT2D eigenvalue weighted by Crippen LogP contribution is -2.27. The van der Waals surface area contributed by atoms with Gasteiger partial charge in [-0.3, -0.25) is 4.79 Å². The van der Waals surface area contributed by atoms with Crippen LogP contribution in [0.4, 0.5) is 17.3 Å². The molecule has 4 aromatic rings. The average Bonchev–Trinajstić information content (AvgIpc) is 3.37. The number of fused-ring (bicyclic) bond motifs is 2. The van der Waals surface area contributed by atoms with Crippen molar-refractivity contribution in [1.29, 1.82) is 0 Å². The number of ether oxygens (including phenoxy) is 2. The van der Waals surface area contributed by atoms with E-state index in [2.05, 4.69) is 57.2 Å². The first-order valence-corrected chi connectivity index (χ1v) is 12.1. The van der Waals surface area contributed by atoms with E-state index in [-0.39, 0.29) is 11.9 Å². The Morgan fingerprint density at radius 2 is 2.11 bits per heavy atom. The molecule has 5 rings (SSSR count). The van der Waals surface area contributed by atoms with Gasteiger partial charge in [0.05, 0.1) is 19.0 Å². The predicted octanol–water partition coefficient (Wildman–Crippen LogP) is 4.34. The molecule has 2 aromatic heterocycles. The van der Waals surface area contributed by atoms with Gasteiger partial charge in [0.1, 0.15) is 11.5 Å². The third-order valence-electron chi connectivity index (χ3n) is 6.32. The third-order valence-corrected chi connectivity index (χ3v) is 6.32. The lowest BCUT2D eigenvalue weighted by atomic mass is 9.91. The number of carbonyl (C=O) groups is 1. The summed E-state index contributed by atoms with van der Waals surface area (Å²) in [5.74, 6) is 1.28. The topological polar surface area (TPSA) is 106 Å². The molecule has 10 nitrogen and oxygen atoms in total. The molecule has 1 amide bonds. The van der Waals surface area contributed by atoms with Gasteiger partial charge in [-0.1, -0.05) is 19.6 Å². The Bertz CT molecular complexity index is 1480. The van der Waals surface area contributed by atoms with Gasteiger partial charge >= 0.3 is 6.01 Å². The first-order valence-electron chi connectivity index (χ1n) is 12.1. The molecule has 0 saturated carbocycles. The number of nitrogens with one attached hydrogen (secondary N) is 2. The molecular weight excluding hydrogens is 470 g/mol. The maximum absolute atomic E-state index is 11.7. The van der Waals surface area contributed by atoms with Gasteiger partial charge in [0, 0.05) is 30.9 Å². The number of carbonyl (C=O) groups excluding carboxylic acids is 1. The van der Waals surface area contributed by atoms with Crippen LogP contribution < -0.4 is 20.1 Å². The minimum Gasteiger partial charge on any atom is -0.495 e. The number of rotatable bonds is 8. The maximum atomic E-state index is 11.7. The zero-order valence-electron chi connectivity index (χ0n) is 21.1. The van der Waals surface area contributed by atoms with Crippen molar-refractivity contribution in [3.63, 3.8) is 0 Å². The molecule has 0 aliphatic carbocycles. The van der Waals surface area contributed by atoms with Crippen LogP contribution in [-0.2, 0) is 24.2 Å². The van der Waals surface area contributed by atoms with Crippen molar-refractivity contribution in [3.05, 3.63) is 71.9 Å². The summed E-state index contributed by atoms with van der Waals surface area (Å²) in [6.07, 6.45) is 4.66. The molecule has 0 unspecified atom stereocenters. The lowest BCUT2D eigenvalue weighted by Gasteiger charge is -2.29. The number of hydrogen-bond donors (Lipinski definition) is 2. The number of amides is 1. The molecule has 190 valence electrons. The van der Waals surface area contributed by atoms with Crippen LogP contribution in [0.2, 0.25) is 0 Å². The molecule has 0 atom stereocenters. The fraction of sp³-hybridized carbons (Fsp3) is 0.259. The molecule has 10 heteroatoms. The van der Waals surface area contributed by atoms with Gasteiger partial charge in [-0.25, -0.2) is 0 Å². The van der Waals surface area contributed by atoms with Gasteiger partial charge in [-0.2, -0.15) is 19.6 Å². The molecule has 0 spiro atoms. The molecule has 0 radical (unpaired) electrons. The van der Waals surface area contributed by atoms with E-state index < -0.39 is 0 Å². The zero-order chi connectivity index (χ0) is 25.9. The van der Waals surface area contributed by atoms with E-state index in [0.717, 1.165) is 37.4 Å². The first-order chi connectivity index (χ1) is 18.0. The van der Waals surface area contributed by atoms with Crippen molar-refractivity contribution in [2.75, 3.05) is 31.3 Å². The molecule has 0 fully saturated rings. The van der Waals surface area contributed by atoms with Crippen LogP contribution in [0.25, 0.3) is 5.65 Å². The van der Waals surface area contributed by atoms with E-state index in [1.54, 1.807) is 43.6 Å². The highest BCUT2D eigenvalue weighted by molar-refractivity contribution is 5.98. The summed E-state index contributed by atoms with van der Waals surface area (Å²) in [5, 5.41) is 10.4. The molecule has 0 bridgehead atoms. The van der Waals surface area contributed by atoms with Gasteiger partial charge in [0.2, 0.25) is 11.9 Å². The number of aromatic nitrogens is 4. The number of nitrogens with zero attached hydrogens (tertiary/aromatic N) is 5. The van der Waals surface area contributed by atoms with Crippen LogP contribution in [0.15, 0.2) is 55.3 Å². The van der Waals surface area contributed by atoms with Crippen LogP contribution in [0.1, 0.15) is 23.6 Å². The molecule has 3 heterocycles. The van der Waals surface area contributed by atoms with Crippen molar-refractivity contribution < 1.29 is 14.3 Å². The van der Waals surface area contributed by atoms with Gasteiger partial charge < -0.3 is 25.0 Å². The third kappa shape index (κ3) is 4.96. The van der Waals surface area contributed by atoms with Crippen LogP contribution in [0.3, 0.4) is 0 Å². The maximum Gasteiger partial charge on any atom is 0.328 e. The second-order valence-corrected chi connectivity index (χ2v) is 8.79. The minimum absolute atomic E-state index is 0.223. The summed E-state index contributed by atoms with van der Waals surface area (Å²) in [6, 6.07) is 11.1. The van der Waals surface area contributed by atoms with E-state index in [1.165, 1.54) is 27.3 Å². The smallest absolute Gasteiger partial charge is 0.328 e. The molecule has 1 aliphatic heterocycles. The van der Waals surface area contributed by atoms with Crippen molar-refractivity contribution in [3.8, 4) is 17.5 Å². The Balaban J connectivity index is 1.51. The largest absolute Gasteiger partial charge is 0.495 e. The normalized spacial score (nSPS) is 13.2. The predicted molar refractivity (Wildman–Crippen MR) is 142 cm³/mol. The number of hydrogen-bond acceptors (Lipinski definition) is 8. The highest BCUT2D eigenvalue weighted by Crippen LogP contribution is 2.38. The highest BCUT2D eigenvalue weighted by Gasteiger charge is 2.23. The van der Waals surface area contributed by atoms with Gasteiger partial charge in [0.15, 0.2) is 5.65 Å². The lowest BCUT2D eigenvalue weighted by molar-refractivity contribution is -0.111. The summed E-state index contributed by atoms with van der Waals surface area (Å²) < 4.78 is 13.4. The summed E-state index contributed by atoms with van der Waals surface area (Å²) in [7, 11) is 3.80. The number of anilines is 3. The Morgan fingerprint density at radius 1 is 1.24 bits per heavy atom. The number of benzene rings is 2. The van der Waals surface area contributed by atoms with Gasteiger partial charge in [-0.05, 0) is 60.9 Å². The van der Waals surface area contributed by atoms with Crippen LogP contribution in [0.5, 0.6) is 17.5 Å². The second-order valence-electron chi connectivity index (χ2n) is 8.79. The molecule has 0 saturated heterocycles. The van der Waals surface area contributed by atoms with Crippen LogP contribution in [0, 0.1) is 0 Å². The Kier molecular flexibility index (Phi) is 6.74. The van der Waals surface area contributed by atoms with E-state index in [1.807, 2.05) is 0 Å². The van der Waals surface area contributed by atoms with Crippen LogP contribution in [-0.4, -0.2) is 51.1 Å². The summed E-state index contributed by atoms with van der Waals surface area (Å²) in [6.45, 7) is 7.52. The molecule has 1 aliphatic rings. The Hall–Kier alpha value is -4.44. The van der Waals surface area contributed by atoms with Gasteiger partial charge in [0.25, 0.3) is 0 Å². The van der Waals surface area contributed by atoms with E-state index in [9.17, 15) is 4.79 Å². The van der Waals surface area contributed by atoms with E-state index in [0.29, 0.717) is 23.0 Å². The Morgan fingerprint density at radius 3 is 2.89 bits per heavy atom. The highest BCUT2D eigenvalue weighted by atomic mass is 16.5. The molecular formula is C27H29N7O3. The van der Waals surface area contributed by atoms with Gasteiger partial charge in [-0.15, -0.1) is 0 Å². The Labute approximate surface area is 214 Å².